The second kappa shape index (κ2) is 11.4. The summed E-state index contributed by atoms with van der Waals surface area (Å²) in [7, 11) is 5.09. The Bertz CT molecular complexity index is 1370. The van der Waals surface area contributed by atoms with Crippen LogP contribution in [-0.4, -0.2) is 78.4 Å². The Morgan fingerprint density at radius 1 is 1.10 bits per heavy atom. The van der Waals surface area contributed by atoms with Crippen molar-refractivity contribution in [2.45, 2.75) is 44.1 Å². The van der Waals surface area contributed by atoms with Crippen molar-refractivity contribution < 1.29 is 24.2 Å². The van der Waals surface area contributed by atoms with Crippen LogP contribution in [0, 0.1) is 0 Å². The van der Waals surface area contributed by atoms with Crippen LogP contribution in [0.3, 0.4) is 0 Å². The summed E-state index contributed by atoms with van der Waals surface area (Å²) in [6.07, 6.45) is 0.412. The van der Waals surface area contributed by atoms with E-state index in [1.54, 1.807) is 40.2 Å². The molecular formula is C29H38N6O5. The van der Waals surface area contributed by atoms with Crippen LogP contribution in [0.5, 0.6) is 11.5 Å². The van der Waals surface area contributed by atoms with Crippen LogP contribution in [0.1, 0.15) is 38.7 Å². The van der Waals surface area contributed by atoms with Crippen LogP contribution in [0.2, 0.25) is 0 Å². The maximum atomic E-state index is 13.1. The highest BCUT2D eigenvalue weighted by atomic mass is 16.5. The zero-order valence-corrected chi connectivity index (χ0v) is 23.7. The third-order valence-electron chi connectivity index (χ3n) is 7.60. The van der Waals surface area contributed by atoms with Crippen molar-refractivity contribution in [1.29, 1.82) is 0 Å². The largest absolute Gasteiger partial charge is 0.493 e. The number of methoxy groups -OCH3 is 2. The number of amides is 2. The number of aromatic nitrogens is 2. The van der Waals surface area contributed by atoms with E-state index in [2.05, 4.69) is 22.4 Å². The van der Waals surface area contributed by atoms with Gasteiger partial charge in [-0.15, -0.1) is 0 Å². The predicted molar refractivity (Wildman–Crippen MR) is 154 cm³/mol. The minimum atomic E-state index is -1.14. The number of anilines is 2. The quantitative estimate of drug-likeness (QED) is 0.364. The number of benzene rings is 2. The number of carbonyl (C=O) groups excluding carboxylic acids is 1. The van der Waals surface area contributed by atoms with Gasteiger partial charge in [0.05, 0.1) is 19.7 Å². The molecule has 0 unspecified atom stereocenters. The lowest BCUT2D eigenvalue weighted by Crippen LogP contribution is -2.52. The Labute approximate surface area is 234 Å². The Hall–Kier alpha value is -4.28. The molecule has 3 aromatic rings. The zero-order valence-electron chi connectivity index (χ0n) is 23.7. The summed E-state index contributed by atoms with van der Waals surface area (Å²) >= 11 is 0. The molecule has 214 valence electrons. The first-order valence-corrected chi connectivity index (χ1v) is 13.2. The Kier molecular flexibility index (Phi) is 8.22. The molecule has 2 heterocycles. The van der Waals surface area contributed by atoms with E-state index in [1.807, 2.05) is 35.0 Å². The molecule has 40 heavy (non-hydrogen) atoms. The van der Waals surface area contributed by atoms with Gasteiger partial charge >= 0.3 is 6.09 Å². The number of carbonyl (C=O) groups is 2. The molecule has 1 aliphatic rings. The van der Waals surface area contributed by atoms with Gasteiger partial charge in [-0.2, -0.15) is 4.98 Å². The number of hydrogen-bond donors (Lipinski definition) is 3. The molecule has 1 saturated heterocycles. The molecule has 0 bridgehead atoms. The maximum absolute atomic E-state index is 13.1. The molecule has 11 heteroatoms. The molecule has 1 fully saturated rings. The number of hydrogen-bond acceptors (Lipinski definition) is 8. The molecule has 4 rings (SSSR count). The van der Waals surface area contributed by atoms with E-state index >= 15 is 0 Å². The van der Waals surface area contributed by atoms with Crippen LogP contribution < -0.4 is 25.4 Å². The van der Waals surface area contributed by atoms with Crippen LogP contribution in [0.4, 0.5) is 16.6 Å². The fourth-order valence-corrected chi connectivity index (χ4v) is 5.50. The smallest absolute Gasteiger partial charge is 0.405 e. The van der Waals surface area contributed by atoms with E-state index in [-0.39, 0.29) is 17.7 Å². The van der Waals surface area contributed by atoms with E-state index in [4.69, 9.17) is 25.3 Å². The van der Waals surface area contributed by atoms with Crippen molar-refractivity contribution in [2.24, 2.45) is 0 Å². The SMILES string of the molecule is COc1cc2nc(N(C)CC3(c4ccccc4)CCN(C(=O)CC(C)(C)NC(=O)O)CC3)nc(N)c2cc1OC. The van der Waals surface area contributed by atoms with Crippen LogP contribution >= 0.6 is 0 Å². The minimum absolute atomic E-state index is 0.0659. The number of nitrogens with zero attached hydrogens (tertiary/aromatic N) is 4. The molecule has 1 aromatic heterocycles. The number of nitrogen functional groups attached to an aromatic ring is 1. The number of likely N-dealkylation sites (N-methyl/N-ethyl adjacent to an activating group) is 1. The van der Waals surface area contributed by atoms with Gasteiger partial charge < -0.3 is 35.4 Å². The van der Waals surface area contributed by atoms with Crippen LogP contribution in [0.15, 0.2) is 42.5 Å². The number of fused-ring (bicyclic) bond motifs is 1. The van der Waals surface area contributed by atoms with Gasteiger partial charge in [0.25, 0.3) is 0 Å². The molecular weight excluding hydrogens is 512 g/mol. The summed E-state index contributed by atoms with van der Waals surface area (Å²) in [6, 6.07) is 13.9. The highest BCUT2D eigenvalue weighted by Gasteiger charge is 2.39. The highest BCUT2D eigenvalue weighted by molar-refractivity contribution is 5.91. The number of nitrogens with one attached hydrogen (secondary N) is 1. The first-order chi connectivity index (χ1) is 19.0. The van der Waals surface area contributed by atoms with Gasteiger partial charge in [-0.3, -0.25) is 4.79 Å². The van der Waals surface area contributed by atoms with Gasteiger partial charge in [-0.25, -0.2) is 9.78 Å². The topological polar surface area (TPSA) is 143 Å². The Morgan fingerprint density at radius 2 is 1.73 bits per heavy atom. The summed E-state index contributed by atoms with van der Waals surface area (Å²) in [6.45, 7) is 5.16. The van der Waals surface area contributed by atoms with Crippen LogP contribution in [0.25, 0.3) is 10.9 Å². The number of rotatable bonds is 9. The van der Waals surface area contributed by atoms with Gasteiger partial charge in [0, 0.05) is 55.5 Å². The van der Waals surface area contributed by atoms with Crippen molar-refractivity contribution in [1.82, 2.24) is 20.2 Å². The molecule has 1 aliphatic heterocycles. The molecule has 2 amide bonds. The molecule has 2 aromatic carbocycles. The van der Waals surface area contributed by atoms with E-state index in [1.165, 1.54) is 5.56 Å². The van der Waals surface area contributed by atoms with E-state index < -0.39 is 11.6 Å². The number of piperidine rings is 1. The number of ether oxygens (including phenoxy) is 2. The van der Waals surface area contributed by atoms with Gasteiger partial charge in [0.15, 0.2) is 11.5 Å². The fourth-order valence-electron chi connectivity index (χ4n) is 5.50. The lowest BCUT2D eigenvalue weighted by molar-refractivity contribution is -0.134. The van der Waals surface area contributed by atoms with Gasteiger partial charge in [-0.05, 0) is 38.3 Å². The Balaban J connectivity index is 1.58. The van der Waals surface area contributed by atoms with E-state index in [0.717, 1.165) is 12.8 Å². The van der Waals surface area contributed by atoms with Gasteiger partial charge in [0.2, 0.25) is 11.9 Å². The summed E-state index contributed by atoms with van der Waals surface area (Å²) < 4.78 is 10.9. The zero-order chi connectivity index (χ0) is 29.1. The molecule has 11 nitrogen and oxygen atoms in total. The average Bonchev–Trinajstić information content (AvgIpc) is 2.92. The molecule has 0 spiro atoms. The molecule has 0 atom stereocenters. The molecule has 0 aliphatic carbocycles. The first kappa shape index (κ1) is 28.7. The summed E-state index contributed by atoms with van der Waals surface area (Å²) in [5.74, 6) is 1.88. The fraction of sp³-hybridized carbons (Fsp3) is 0.448. The van der Waals surface area contributed by atoms with Crippen LogP contribution in [-0.2, 0) is 10.2 Å². The standard InChI is InChI=1S/C29H38N6O5/c1-28(2,33-27(37)38)17-24(36)35-13-11-29(12-14-35,19-9-7-6-8-10-19)18-34(3)26-31-21-16-23(40-5)22(39-4)15-20(21)25(30)32-26/h6-10,15-16,33H,11-14,17-18H2,1-5H3,(H,37,38)(H2,30,31,32). The van der Waals surface area contributed by atoms with E-state index in [0.29, 0.717) is 53.8 Å². The lowest BCUT2D eigenvalue weighted by Gasteiger charge is -2.44. The molecule has 4 N–H and O–H groups in total. The minimum Gasteiger partial charge on any atom is -0.493 e. The van der Waals surface area contributed by atoms with E-state index in [9.17, 15) is 9.59 Å². The lowest BCUT2D eigenvalue weighted by atomic mass is 9.72. The second-order valence-electron chi connectivity index (χ2n) is 11.0. The Morgan fingerprint density at radius 3 is 2.33 bits per heavy atom. The normalized spacial score (nSPS) is 15.0. The number of nitrogens with two attached hydrogens (primary N) is 1. The summed E-state index contributed by atoms with van der Waals surface area (Å²) in [5.41, 5.74) is 7.09. The van der Waals surface area contributed by atoms with Gasteiger partial charge in [0.1, 0.15) is 5.82 Å². The summed E-state index contributed by atoms with van der Waals surface area (Å²) in [4.78, 5) is 37.4. The highest BCUT2D eigenvalue weighted by Crippen LogP contribution is 2.38. The molecule has 0 saturated carbocycles. The van der Waals surface area contributed by atoms with Crippen molar-refractivity contribution in [3.8, 4) is 11.5 Å². The number of likely N-dealkylation sites (tertiary alicyclic amines) is 1. The molecule has 0 radical (unpaired) electrons. The third kappa shape index (κ3) is 6.13. The maximum Gasteiger partial charge on any atom is 0.405 e. The van der Waals surface area contributed by atoms with Crippen molar-refractivity contribution >= 4 is 34.7 Å². The monoisotopic (exact) mass is 550 g/mol. The predicted octanol–water partition coefficient (Wildman–Crippen LogP) is 3.66. The number of carboxylic acid groups (broad SMARTS) is 1. The van der Waals surface area contributed by atoms with Gasteiger partial charge in [-0.1, -0.05) is 30.3 Å². The average molecular weight is 551 g/mol. The third-order valence-corrected chi connectivity index (χ3v) is 7.60. The second-order valence-corrected chi connectivity index (χ2v) is 11.0. The van der Waals surface area contributed by atoms with Crippen molar-refractivity contribution in [3.05, 3.63) is 48.0 Å². The van der Waals surface area contributed by atoms with Crippen molar-refractivity contribution in [3.63, 3.8) is 0 Å². The first-order valence-electron chi connectivity index (χ1n) is 13.2. The van der Waals surface area contributed by atoms with Crippen molar-refractivity contribution in [2.75, 3.05) is 51.5 Å². The summed E-state index contributed by atoms with van der Waals surface area (Å²) in [5, 5.41) is 12.2.